The van der Waals surface area contributed by atoms with E-state index in [0.717, 1.165) is 0 Å². The lowest BCUT2D eigenvalue weighted by molar-refractivity contribution is -0.150. The van der Waals surface area contributed by atoms with Crippen molar-refractivity contribution in [1.29, 1.82) is 0 Å². The van der Waals surface area contributed by atoms with Crippen LogP contribution in [0.5, 0.6) is 0 Å². The number of hydrogen-bond acceptors (Lipinski definition) is 2. The Bertz CT molecular complexity index is 245. The minimum Gasteiger partial charge on any atom is -0.315 e. The van der Waals surface area contributed by atoms with E-state index < -0.39 is 12.2 Å². The normalized spacial score (nSPS) is 14.3. The highest BCUT2D eigenvalue weighted by atomic mass is 19.4. The van der Waals surface area contributed by atoms with E-state index in [1.54, 1.807) is 0 Å². The van der Waals surface area contributed by atoms with E-state index in [2.05, 4.69) is 4.98 Å². The molecular formula is C7H7F3N2. The lowest BCUT2D eigenvalue weighted by Crippen LogP contribution is -2.29. The molecule has 1 rings (SSSR count). The van der Waals surface area contributed by atoms with E-state index >= 15 is 0 Å². The summed E-state index contributed by atoms with van der Waals surface area (Å²) in [6, 6.07) is 2.26. The second-order valence-corrected chi connectivity index (χ2v) is 2.27. The molecule has 1 atom stereocenters. The standard InChI is InChI=1S/C7H7F3N2/c8-7(9,10)6(11)5-3-1-2-4-12-5/h1-4,6H,11H2. The quantitative estimate of drug-likeness (QED) is 0.706. The third-order valence-corrected chi connectivity index (χ3v) is 1.36. The van der Waals surface area contributed by atoms with Crippen LogP contribution in [-0.2, 0) is 0 Å². The number of pyridine rings is 1. The molecule has 2 nitrogen and oxygen atoms in total. The van der Waals surface area contributed by atoms with Crippen molar-refractivity contribution in [1.82, 2.24) is 4.98 Å². The number of nitrogens with two attached hydrogens (primary N) is 1. The predicted molar refractivity (Wildman–Crippen MR) is 37.2 cm³/mol. The fourth-order valence-electron chi connectivity index (χ4n) is 0.728. The molecule has 5 heteroatoms. The van der Waals surface area contributed by atoms with Crippen LogP contribution in [0.1, 0.15) is 11.7 Å². The van der Waals surface area contributed by atoms with Crippen LogP contribution in [0.2, 0.25) is 0 Å². The zero-order valence-electron chi connectivity index (χ0n) is 6.05. The third-order valence-electron chi connectivity index (χ3n) is 1.36. The Balaban J connectivity index is 2.86. The van der Waals surface area contributed by atoms with Crippen LogP contribution in [0.3, 0.4) is 0 Å². The Morgan fingerprint density at radius 3 is 2.42 bits per heavy atom. The molecule has 0 amide bonds. The maximum Gasteiger partial charge on any atom is 0.409 e. The molecule has 66 valence electrons. The van der Waals surface area contributed by atoms with Crippen molar-refractivity contribution < 1.29 is 13.2 Å². The van der Waals surface area contributed by atoms with Crippen molar-refractivity contribution in [3.8, 4) is 0 Å². The molecular weight excluding hydrogens is 169 g/mol. The molecule has 1 unspecified atom stereocenters. The lowest BCUT2D eigenvalue weighted by atomic mass is 10.2. The van der Waals surface area contributed by atoms with Gasteiger partial charge in [0.25, 0.3) is 0 Å². The van der Waals surface area contributed by atoms with Crippen molar-refractivity contribution in [3.05, 3.63) is 30.1 Å². The van der Waals surface area contributed by atoms with Gasteiger partial charge in [0.15, 0.2) is 0 Å². The summed E-state index contributed by atoms with van der Waals surface area (Å²) in [5.74, 6) is 0. The average Bonchev–Trinajstić information content (AvgIpc) is 2.03. The first-order valence-corrected chi connectivity index (χ1v) is 3.25. The smallest absolute Gasteiger partial charge is 0.315 e. The molecule has 1 heterocycles. The van der Waals surface area contributed by atoms with Gasteiger partial charge in [0.2, 0.25) is 0 Å². The van der Waals surface area contributed by atoms with Crippen LogP contribution in [0.4, 0.5) is 13.2 Å². The monoisotopic (exact) mass is 176 g/mol. The number of nitrogens with zero attached hydrogens (tertiary/aromatic N) is 1. The van der Waals surface area contributed by atoms with Gasteiger partial charge in [-0.05, 0) is 12.1 Å². The Morgan fingerprint density at radius 2 is 2.00 bits per heavy atom. The van der Waals surface area contributed by atoms with Gasteiger partial charge in [0, 0.05) is 6.20 Å². The van der Waals surface area contributed by atoms with Crippen molar-refractivity contribution in [2.75, 3.05) is 0 Å². The van der Waals surface area contributed by atoms with Crippen molar-refractivity contribution in [3.63, 3.8) is 0 Å². The molecule has 2 N–H and O–H groups in total. The fourth-order valence-corrected chi connectivity index (χ4v) is 0.728. The molecule has 0 aliphatic heterocycles. The molecule has 1 aromatic rings. The van der Waals surface area contributed by atoms with Gasteiger partial charge in [-0.2, -0.15) is 13.2 Å². The third kappa shape index (κ3) is 1.94. The van der Waals surface area contributed by atoms with Gasteiger partial charge in [-0.3, -0.25) is 4.98 Å². The number of hydrogen-bond donors (Lipinski definition) is 1. The molecule has 1 aromatic heterocycles. The Kier molecular flexibility index (Phi) is 2.32. The van der Waals surface area contributed by atoms with Crippen LogP contribution in [-0.4, -0.2) is 11.2 Å². The summed E-state index contributed by atoms with van der Waals surface area (Å²) in [6.45, 7) is 0. The number of alkyl halides is 3. The number of halogens is 3. The van der Waals surface area contributed by atoms with E-state index in [0.29, 0.717) is 0 Å². The molecule has 0 saturated heterocycles. The van der Waals surface area contributed by atoms with Crippen molar-refractivity contribution in [2.45, 2.75) is 12.2 Å². The second kappa shape index (κ2) is 3.10. The minimum atomic E-state index is -4.42. The summed E-state index contributed by atoms with van der Waals surface area (Å²) >= 11 is 0. The minimum absolute atomic E-state index is 0.162. The maximum absolute atomic E-state index is 12.0. The van der Waals surface area contributed by atoms with Crippen LogP contribution in [0.15, 0.2) is 24.4 Å². The average molecular weight is 176 g/mol. The number of rotatable bonds is 1. The van der Waals surface area contributed by atoms with Gasteiger partial charge in [0.05, 0.1) is 5.69 Å². The van der Waals surface area contributed by atoms with Gasteiger partial charge in [0.1, 0.15) is 6.04 Å². The zero-order chi connectivity index (χ0) is 9.19. The Hall–Kier alpha value is -1.10. The second-order valence-electron chi connectivity index (χ2n) is 2.27. The highest BCUT2D eigenvalue weighted by molar-refractivity contribution is 5.09. The molecule has 0 aromatic carbocycles. The maximum atomic E-state index is 12.0. The van der Waals surface area contributed by atoms with E-state index in [-0.39, 0.29) is 5.69 Å². The summed E-state index contributed by atoms with van der Waals surface area (Å²) < 4.78 is 35.9. The van der Waals surface area contributed by atoms with E-state index in [1.807, 2.05) is 0 Å². The highest BCUT2D eigenvalue weighted by Crippen LogP contribution is 2.28. The summed E-state index contributed by atoms with van der Waals surface area (Å²) in [6.07, 6.45) is -3.14. The van der Waals surface area contributed by atoms with E-state index in [4.69, 9.17) is 5.73 Å². The van der Waals surface area contributed by atoms with Gasteiger partial charge in [-0.1, -0.05) is 6.07 Å². The molecule has 12 heavy (non-hydrogen) atoms. The van der Waals surface area contributed by atoms with Gasteiger partial charge >= 0.3 is 6.18 Å². The molecule has 0 fully saturated rings. The topological polar surface area (TPSA) is 38.9 Å². The van der Waals surface area contributed by atoms with E-state index in [1.165, 1.54) is 24.4 Å². The first-order valence-electron chi connectivity index (χ1n) is 3.25. The molecule has 0 bridgehead atoms. The fraction of sp³-hybridized carbons (Fsp3) is 0.286. The summed E-state index contributed by atoms with van der Waals surface area (Å²) in [4.78, 5) is 3.50. The Labute approximate surface area is 67.2 Å². The van der Waals surface area contributed by atoms with Gasteiger partial charge in [-0.15, -0.1) is 0 Å². The molecule has 0 aliphatic carbocycles. The van der Waals surface area contributed by atoms with E-state index in [9.17, 15) is 13.2 Å². The zero-order valence-corrected chi connectivity index (χ0v) is 6.05. The first kappa shape index (κ1) is 8.99. The SMILES string of the molecule is NC(c1ccccn1)C(F)(F)F. The summed E-state index contributed by atoms with van der Waals surface area (Å²) in [5, 5.41) is 0. The van der Waals surface area contributed by atoms with Gasteiger partial charge in [-0.25, -0.2) is 0 Å². The summed E-state index contributed by atoms with van der Waals surface area (Å²) in [5.41, 5.74) is 4.72. The number of aromatic nitrogens is 1. The first-order chi connectivity index (χ1) is 5.52. The van der Waals surface area contributed by atoms with Crippen LogP contribution >= 0.6 is 0 Å². The molecule has 0 radical (unpaired) electrons. The molecule has 0 spiro atoms. The largest absolute Gasteiger partial charge is 0.409 e. The van der Waals surface area contributed by atoms with Gasteiger partial charge < -0.3 is 5.73 Å². The highest BCUT2D eigenvalue weighted by Gasteiger charge is 2.38. The molecule has 0 saturated carbocycles. The van der Waals surface area contributed by atoms with Crippen molar-refractivity contribution >= 4 is 0 Å². The summed E-state index contributed by atoms with van der Waals surface area (Å²) in [7, 11) is 0. The van der Waals surface area contributed by atoms with Crippen LogP contribution in [0, 0.1) is 0 Å². The van der Waals surface area contributed by atoms with Crippen LogP contribution in [0.25, 0.3) is 0 Å². The lowest BCUT2D eigenvalue weighted by Gasteiger charge is -2.13. The Morgan fingerprint density at radius 1 is 1.33 bits per heavy atom. The van der Waals surface area contributed by atoms with Crippen molar-refractivity contribution in [2.24, 2.45) is 5.73 Å². The predicted octanol–water partition coefficient (Wildman–Crippen LogP) is 1.64. The van der Waals surface area contributed by atoms with Crippen LogP contribution < -0.4 is 5.73 Å². The molecule has 0 aliphatic rings.